The van der Waals surface area contributed by atoms with Crippen LogP contribution in [0.15, 0.2) is 0 Å². The third kappa shape index (κ3) is 7.55. The molecular formula is C8H18ClNO3S. The summed E-state index contributed by atoms with van der Waals surface area (Å²) in [6.45, 7) is 2.06. The highest BCUT2D eigenvalue weighted by Gasteiger charge is 2.10. The van der Waals surface area contributed by atoms with E-state index >= 15 is 0 Å². The quantitative estimate of drug-likeness (QED) is 0.484. The van der Waals surface area contributed by atoms with Crippen LogP contribution in [0, 0.1) is 5.92 Å². The highest BCUT2D eigenvalue weighted by molar-refractivity contribution is 7.89. The lowest BCUT2D eigenvalue weighted by Gasteiger charge is -2.09. The second kappa shape index (κ2) is 7.45. The molecule has 0 radical (unpaired) electrons. The van der Waals surface area contributed by atoms with Gasteiger partial charge in [0.2, 0.25) is 10.0 Å². The Labute approximate surface area is 90.7 Å². The average Bonchev–Trinajstić information content (AvgIpc) is 2.14. The first-order valence-electron chi connectivity index (χ1n) is 4.66. The fraction of sp³-hybridized carbons (Fsp3) is 1.00. The molecule has 0 saturated heterocycles. The van der Waals surface area contributed by atoms with Gasteiger partial charge in [-0.2, -0.15) is 0 Å². The fourth-order valence-electron chi connectivity index (χ4n) is 0.793. The van der Waals surface area contributed by atoms with Crippen molar-refractivity contribution >= 4 is 21.6 Å². The van der Waals surface area contributed by atoms with Gasteiger partial charge in [-0.1, -0.05) is 6.92 Å². The van der Waals surface area contributed by atoms with Crippen molar-refractivity contribution in [2.45, 2.75) is 19.8 Å². The van der Waals surface area contributed by atoms with Gasteiger partial charge in [-0.3, -0.25) is 0 Å². The summed E-state index contributed by atoms with van der Waals surface area (Å²) in [6, 6.07) is 0. The van der Waals surface area contributed by atoms with Crippen molar-refractivity contribution in [2.75, 3.05) is 24.8 Å². The molecule has 0 saturated carbocycles. The van der Waals surface area contributed by atoms with E-state index in [4.69, 9.17) is 16.7 Å². The molecule has 0 fully saturated rings. The van der Waals surface area contributed by atoms with E-state index in [0.717, 1.165) is 0 Å². The van der Waals surface area contributed by atoms with Crippen molar-refractivity contribution in [3.05, 3.63) is 0 Å². The maximum absolute atomic E-state index is 11.3. The lowest BCUT2D eigenvalue weighted by atomic mass is 10.2. The normalized spacial score (nSPS) is 14.2. The van der Waals surface area contributed by atoms with Crippen LogP contribution in [0.5, 0.6) is 0 Å². The number of hydrogen-bond acceptors (Lipinski definition) is 3. The van der Waals surface area contributed by atoms with Crippen molar-refractivity contribution in [3.63, 3.8) is 0 Å². The molecule has 0 aliphatic rings. The Kier molecular flexibility index (Phi) is 7.54. The predicted molar refractivity (Wildman–Crippen MR) is 58.0 cm³/mol. The number of rotatable bonds is 8. The van der Waals surface area contributed by atoms with Crippen LogP contribution in [0.25, 0.3) is 0 Å². The second-order valence-corrected chi connectivity index (χ2v) is 5.66. The zero-order valence-corrected chi connectivity index (χ0v) is 9.94. The van der Waals surface area contributed by atoms with Crippen molar-refractivity contribution < 1.29 is 13.5 Å². The van der Waals surface area contributed by atoms with Gasteiger partial charge < -0.3 is 5.11 Å². The summed E-state index contributed by atoms with van der Waals surface area (Å²) in [7, 11) is -3.18. The standard InChI is InChI=1S/C8H18ClNO3S/c1-8(7-11)6-10-14(12,13)5-3-2-4-9/h8,10-11H,2-7H2,1H3. The summed E-state index contributed by atoms with van der Waals surface area (Å²) in [6.07, 6.45) is 1.28. The Morgan fingerprint density at radius 1 is 1.43 bits per heavy atom. The van der Waals surface area contributed by atoms with Crippen LogP contribution in [0.4, 0.5) is 0 Å². The molecule has 6 heteroatoms. The van der Waals surface area contributed by atoms with Crippen LogP contribution in [-0.2, 0) is 10.0 Å². The number of nitrogens with one attached hydrogen (secondary N) is 1. The molecule has 1 unspecified atom stereocenters. The minimum absolute atomic E-state index is 0.00972. The number of unbranched alkanes of at least 4 members (excludes halogenated alkanes) is 1. The molecule has 14 heavy (non-hydrogen) atoms. The molecule has 4 nitrogen and oxygen atoms in total. The van der Waals surface area contributed by atoms with E-state index in [1.807, 2.05) is 0 Å². The van der Waals surface area contributed by atoms with Crippen molar-refractivity contribution in [1.29, 1.82) is 0 Å². The first-order valence-corrected chi connectivity index (χ1v) is 6.84. The number of halogens is 1. The Balaban J connectivity index is 3.73. The molecule has 0 amide bonds. The van der Waals surface area contributed by atoms with Crippen LogP contribution in [0.3, 0.4) is 0 Å². The number of aliphatic hydroxyl groups is 1. The average molecular weight is 244 g/mol. The fourth-order valence-corrected chi connectivity index (χ4v) is 2.25. The number of alkyl halides is 1. The molecule has 0 aromatic carbocycles. The monoisotopic (exact) mass is 243 g/mol. The molecule has 0 rings (SSSR count). The van der Waals surface area contributed by atoms with Gasteiger partial charge in [0.1, 0.15) is 0 Å². The summed E-state index contributed by atoms with van der Waals surface area (Å²) in [5, 5.41) is 8.69. The lowest BCUT2D eigenvalue weighted by Crippen LogP contribution is -2.31. The number of aliphatic hydroxyl groups excluding tert-OH is 1. The van der Waals surface area contributed by atoms with E-state index in [-0.39, 0.29) is 18.3 Å². The Morgan fingerprint density at radius 3 is 2.57 bits per heavy atom. The van der Waals surface area contributed by atoms with Crippen LogP contribution < -0.4 is 4.72 Å². The summed E-state index contributed by atoms with van der Waals surface area (Å²) in [5.41, 5.74) is 0. The minimum Gasteiger partial charge on any atom is -0.396 e. The molecule has 0 bridgehead atoms. The molecule has 0 aromatic heterocycles. The topological polar surface area (TPSA) is 66.4 Å². The van der Waals surface area contributed by atoms with Gasteiger partial charge in [-0.05, 0) is 18.8 Å². The van der Waals surface area contributed by atoms with Gasteiger partial charge in [0, 0.05) is 19.0 Å². The molecule has 0 aliphatic heterocycles. The van der Waals surface area contributed by atoms with Gasteiger partial charge in [-0.25, -0.2) is 13.1 Å². The molecule has 1 atom stereocenters. The molecule has 0 aliphatic carbocycles. The van der Waals surface area contributed by atoms with Crippen LogP contribution >= 0.6 is 11.6 Å². The van der Waals surface area contributed by atoms with Gasteiger partial charge in [0.15, 0.2) is 0 Å². The van der Waals surface area contributed by atoms with Crippen LogP contribution in [0.2, 0.25) is 0 Å². The van der Waals surface area contributed by atoms with E-state index in [1.54, 1.807) is 6.92 Å². The van der Waals surface area contributed by atoms with E-state index in [1.165, 1.54) is 0 Å². The van der Waals surface area contributed by atoms with E-state index in [9.17, 15) is 8.42 Å². The van der Waals surface area contributed by atoms with E-state index < -0.39 is 10.0 Å². The van der Waals surface area contributed by atoms with E-state index in [0.29, 0.717) is 25.3 Å². The van der Waals surface area contributed by atoms with Gasteiger partial charge in [0.05, 0.1) is 5.75 Å². The summed E-state index contributed by atoms with van der Waals surface area (Å²) in [4.78, 5) is 0. The third-order valence-corrected chi connectivity index (χ3v) is 3.46. The lowest BCUT2D eigenvalue weighted by molar-refractivity contribution is 0.238. The zero-order chi connectivity index (χ0) is 11.0. The number of hydrogen-bond donors (Lipinski definition) is 2. The Bertz CT molecular complexity index is 231. The summed E-state index contributed by atoms with van der Waals surface area (Å²) < 4.78 is 25.0. The van der Waals surface area contributed by atoms with Crippen molar-refractivity contribution in [3.8, 4) is 0 Å². The minimum atomic E-state index is -3.18. The van der Waals surface area contributed by atoms with Gasteiger partial charge in [-0.15, -0.1) is 11.6 Å². The zero-order valence-electron chi connectivity index (χ0n) is 8.37. The first-order chi connectivity index (χ1) is 6.52. The summed E-state index contributed by atoms with van der Waals surface area (Å²) >= 11 is 5.43. The molecule has 86 valence electrons. The van der Waals surface area contributed by atoms with Crippen molar-refractivity contribution in [2.24, 2.45) is 5.92 Å². The highest BCUT2D eigenvalue weighted by Crippen LogP contribution is 1.98. The maximum atomic E-state index is 11.3. The van der Waals surface area contributed by atoms with Gasteiger partial charge in [0.25, 0.3) is 0 Å². The van der Waals surface area contributed by atoms with Crippen LogP contribution in [0.1, 0.15) is 19.8 Å². The Hall–Kier alpha value is 0.160. The maximum Gasteiger partial charge on any atom is 0.211 e. The molecular weight excluding hydrogens is 226 g/mol. The van der Waals surface area contributed by atoms with Gasteiger partial charge >= 0.3 is 0 Å². The Morgan fingerprint density at radius 2 is 2.07 bits per heavy atom. The van der Waals surface area contributed by atoms with Crippen molar-refractivity contribution in [1.82, 2.24) is 4.72 Å². The SMILES string of the molecule is CC(CO)CNS(=O)(=O)CCCCCl. The van der Waals surface area contributed by atoms with E-state index in [2.05, 4.69) is 4.72 Å². The smallest absolute Gasteiger partial charge is 0.211 e. The first kappa shape index (κ1) is 14.2. The third-order valence-electron chi connectivity index (χ3n) is 1.76. The molecule has 0 aromatic rings. The molecule has 0 spiro atoms. The highest BCUT2D eigenvalue weighted by atomic mass is 35.5. The number of sulfonamides is 1. The largest absolute Gasteiger partial charge is 0.396 e. The summed E-state index contributed by atoms with van der Waals surface area (Å²) in [5.74, 6) is 0.554. The second-order valence-electron chi connectivity index (χ2n) is 3.35. The molecule has 2 N–H and O–H groups in total. The predicted octanol–water partition coefficient (Wildman–Crippen LogP) is 0.553. The molecule has 0 heterocycles. The van der Waals surface area contributed by atoms with Crippen LogP contribution in [-0.4, -0.2) is 38.3 Å².